The highest BCUT2D eigenvalue weighted by atomic mass is 19.4. The van der Waals surface area contributed by atoms with Crippen LogP contribution in [0, 0.1) is 23.0 Å². The number of fused-ring (bicyclic) bond motifs is 1. The van der Waals surface area contributed by atoms with Gasteiger partial charge in [-0.05, 0) is 42.8 Å². The van der Waals surface area contributed by atoms with Crippen LogP contribution in [0.15, 0.2) is 40.9 Å². The maximum absolute atomic E-state index is 14.0. The van der Waals surface area contributed by atoms with E-state index in [1.54, 1.807) is 10.6 Å². The molecule has 0 aliphatic heterocycles. The maximum atomic E-state index is 14.0. The fraction of sp³-hybridized carbons (Fsp3) is 0.227. The first kappa shape index (κ1) is 21.5. The summed E-state index contributed by atoms with van der Waals surface area (Å²) in [7, 11) is 0. The Morgan fingerprint density at radius 1 is 1.12 bits per heavy atom. The van der Waals surface area contributed by atoms with Crippen LogP contribution in [0.25, 0.3) is 22.4 Å². The summed E-state index contributed by atoms with van der Waals surface area (Å²) in [5.74, 6) is -1.60. The molecule has 0 fully saturated rings. The van der Waals surface area contributed by atoms with Gasteiger partial charge in [0.2, 0.25) is 0 Å². The van der Waals surface area contributed by atoms with Gasteiger partial charge in [0.15, 0.2) is 5.82 Å². The molecule has 10 heteroatoms. The van der Waals surface area contributed by atoms with Crippen LogP contribution >= 0.6 is 0 Å². The van der Waals surface area contributed by atoms with Gasteiger partial charge >= 0.3 is 6.18 Å². The van der Waals surface area contributed by atoms with Crippen molar-refractivity contribution >= 4 is 10.9 Å². The Kier molecular flexibility index (Phi) is 5.42. The van der Waals surface area contributed by atoms with Gasteiger partial charge in [0.25, 0.3) is 5.89 Å². The lowest BCUT2D eigenvalue weighted by Gasteiger charge is -2.11. The Hall–Kier alpha value is -3.74. The van der Waals surface area contributed by atoms with Crippen molar-refractivity contribution in [2.45, 2.75) is 32.5 Å². The molecule has 2 aromatic carbocycles. The Bertz CT molecular complexity index is 1350. The van der Waals surface area contributed by atoms with E-state index < -0.39 is 28.9 Å². The second-order valence-electron chi connectivity index (χ2n) is 7.14. The molecular weight excluding hydrogens is 431 g/mol. The first-order valence-corrected chi connectivity index (χ1v) is 9.63. The Morgan fingerprint density at radius 3 is 2.59 bits per heavy atom. The van der Waals surface area contributed by atoms with E-state index in [1.165, 1.54) is 12.1 Å². The van der Waals surface area contributed by atoms with Crippen molar-refractivity contribution < 1.29 is 26.5 Å². The smallest absolute Gasteiger partial charge is 0.337 e. The van der Waals surface area contributed by atoms with E-state index in [-0.39, 0.29) is 34.7 Å². The summed E-state index contributed by atoms with van der Waals surface area (Å²) in [6.45, 7) is 1.83. The van der Waals surface area contributed by atoms with Gasteiger partial charge in [0.05, 0.1) is 29.3 Å². The molecule has 32 heavy (non-hydrogen) atoms. The maximum Gasteiger partial charge on any atom is 0.418 e. The predicted molar refractivity (Wildman–Crippen MR) is 104 cm³/mol. The van der Waals surface area contributed by atoms with Gasteiger partial charge in [-0.25, -0.2) is 8.78 Å². The Morgan fingerprint density at radius 2 is 1.91 bits per heavy atom. The van der Waals surface area contributed by atoms with Crippen molar-refractivity contribution in [3.8, 4) is 17.5 Å². The van der Waals surface area contributed by atoms with Crippen molar-refractivity contribution in [1.82, 2.24) is 14.7 Å². The van der Waals surface area contributed by atoms with Crippen molar-refractivity contribution in [1.29, 1.82) is 5.26 Å². The van der Waals surface area contributed by atoms with Gasteiger partial charge in [-0.2, -0.15) is 23.4 Å². The molecule has 4 aromatic rings. The highest BCUT2D eigenvalue weighted by Crippen LogP contribution is 2.39. The summed E-state index contributed by atoms with van der Waals surface area (Å²) in [6, 6.07) is 8.38. The van der Waals surface area contributed by atoms with Crippen molar-refractivity contribution in [3.63, 3.8) is 0 Å². The summed E-state index contributed by atoms with van der Waals surface area (Å²) < 4.78 is 75.3. The van der Waals surface area contributed by atoms with Crippen LogP contribution in [0.1, 0.15) is 36.0 Å². The molecule has 0 bridgehead atoms. The number of nitriles is 1. The molecule has 0 radical (unpaired) electrons. The second-order valence-corrected chi connectivity index (χ2v) is 7.14. The van der Waals surface area contributed by atoms with Crippen LogP contribution < -0.4 is 0 Å². The van der Waals surface area contributed by atoms with E-state index in [1.807, 2.05) is 6.92 Å². The fourth-order valence-corrected chi connectivity index (χ4v) is 3.67. The quantitative estimate of drug-likeness (QED) is 0.360. The van der Waals surface area contributed by atoms with Crippen LogP contribution in [0.3, 0.4) is 0 Å². The number of hydrogen-bond donors (Lipinski definition) is 0. The molecular formula is C22H15F5N4O. The molecule has 0 aliphatic rings. The number of benzene rings is 2. The number of aromatic nitrogens is 3. The van der Waals surface area contributed by atoms with Gasteiger partial charge in [-0.3, -0.25) is 0 Å². The first-order chi connectivity index (χ1) is 15.2. The van der Waals surface area contributed by atoms with E-state index in [0.29, 0.717) is 18.5 Å². The van der Waals surface area contributed by atoms with Gasteiger partial charge in [-0.1, -0.05) is 18.5 Å². The molecule has 0 saturated carbocycles. The zero-order chi connectivity index (χ0) is 23.0. The van der Waals surface area contributed by atoms with Gasteiger partial charge < -0.3 is 9.09 Å². The molecule has 4 rings (SSSR count). The lowest BCUT2D eigenvalue weighted by atomic mass is 10.0. The number of alkyl halides is 3. The normalized spacial score (nSPS) is 11.8. The van der Waals surface area contributed by atoms with Crippen LogP contribution in [-0.4, -0.2) is 14.7 Å². The summed E-state index contributed by atoms with van der Waals surface area (Å²) in [5, 5.41) is 12.8. The Labute approximate surface area is 178 Å². The average molecular weight is 446 g/mol. The molecule has 0 unspecified atom stereocenters. The molecule has 5 nitrogen and oxygen atoms in total. The zero-order valence-corrected chi connectivity index (χ0v) is 16.7. The molecule has 0 spiro atoms. The van der Waals surface area contributed by atoms with Crippen molar-refractivity contribution in [3.05, 3.63) is 70.7 Å². The van der Waals surface area contributed by atoms with E-state index in [9.17, 15) is 22.0 Å². The van der Waals surface area contributed by atoms with E-state index in [0.717, 1.165) is 24.3 Å². The van der Waals surface area contributed by atoms with Gasteiger partial charge in [0.1, 0.15) is 11.6 Å². The molecule has 0 aliphatic carbocycles. The number of rotatable bonds is 5. The van der Waals surface area contributed by atoms with E-state index in [2.05, 4.69) is 10.1 Å². The SMILES string of the molecule is CCCc1cc2c(C(F)(F)F)c(C#N)ccc2n1Cc1noc(-c2cc(F)ccc2F)n1. The van der Waals surface area contributed by atoms with E-state index in [4.69, 9.17) is 9.78 Å². The topological polar surface area (TPSA) is 67.6 Å². The van der Waals surface area contributed by atoms with Crippen LogP contribution in [-0.2, 0) is 19.1 Å². The zero-order valence-electron chi connectivity index (χ0n) is 16.7. The first-order valence-electron chi connectivity index (χ1n) is 9.63. The summed E-state index contributed by atoms with van der Waals surface area (Å²) in [4.78, 5) is 4.09. The lowest BCUT2D eigenvalue weighted by Crippen LogP contribution is -2.09. The molecule has 0 amide bonds. The van der Waals surface area contributed by atoms with E-state index >= 15 is 0 Å². The monoisotopic (exact) mass is 446 g/mol. The minimum atomic E-state index is -4.71. The van der Waals surface area contributed by atoms with Gasteiger partial charge in [-0.15, -0.1) is 0 Å². The molecule has 2 heterocycles. The molecule has 164 valence electrons. The summed E-state index contributed by atoms with van der Waals surface area (Å²) in [6.07, 6.45) is -3.58. The minimum Gasteiger partial charge on any atom is -0.337 e. The lowest BCUT2D eigenvalue weighted by molar-refractivity contribution is -0.136. The third-order valence-corrected chi connectivity index (χ3v) is 5.01. The average Bonchev–Trinajstić information content (AvgIpc) is 3.34. The number of hydrogen-bond acceptors (Lipinski definition) is 4. The largest absolute Gasteiger partial charge is 0.418 e. The second kappa shape index (κ2) is 8.07. The highest BCUT2D eigenvalue weighted by molar-refractivity contribution is 5.87. The molecule has 0 saturated heterocycles. The number of halogens is 5. The predicted octanol–water partition coefficient (Wildman–Crippen LogP) is 5.86. The minimum absolute atomic E-state index is 0.0531. The highest BCUT2D eigenvalue weighted by Gasteiger charge is 2.36. The molecule has 0 N–H and O–H groups in total. The van der Waals surface area contributed by atoms with Gasteiger partial charge in [0, 0.05) is 16.6 Å². The molecule has 2 aromatic heterocycles. The van der Waals surface area contributed by atoms with Crippen LogP contribution in [0.2, 0.25) is 0 Å². The Balaban J connectivity index is 1.82. The summed E-state index contributed by atoms with van der Waals surface area (Å²) >= 11 is 0. The van der Waals surface area contributed by atoms with Crippen LogP contribution in [0.5, 0.6) is 0 Å². The number of nitrogens with zero attached hydrogens (tertiary/aromatic N) is 4. The fourth-order valence-electron chi connectivity index (χ4n) is 3.67. The molecule has 0 atom stereocenters. The third-order valence-electron chi connectivity index (χ3n) is 5.01. The van der Waals surface area contributed by atoms with Crippen molar-refractivity contribution in [2.24, 2.45) is 0 Å². The third kappa shape index (κ3) is 3.82. The van der Waals surface area contributed by atoms with Crippen molar-refractivity contribution in [2.75, 3.05) is 0 Å². The summed E-state index contributed by atoms with van der Waals surface area (Å²) in [5.41, 5.74) is -0.833. The number of aryl methyl sites for hydroxylation is 1. The van der Waals surface area contributed by atoms with Crippen LogP contribution in [0.4, 0.5) is 22.0 Å². The standard InChI is InChI=1S/C22H15F5N4O/c1-2-3-14-9-16-18(7-4-12(10-28)20(16)22(25,26)27)31(14)11-19-29-21(32-30-19)15-8-13(23)5-6-17(15)24/h4-9H,2-3,11H2,1H3.